The first-order valence-electron chi connectivity index (χ1n) is 5.13. The van der Waals surface area contributed by atoms with Gasteiger partial charge in [0.15, 0.2) is 0 Å². The molecule has 0 saturated heterocycles. The lowest BCUT2D eigenvalue weighted by atomic mass is 10.00. The van der Waals surface area contributed by atoms with Crippen molar-refractivity contribution >= 4 is 0 Å². The molecule has 1 aromatic rings. The van der Waals surface area contributed by atoms with Crippen LogP contribution in [0.5, 0.6) is 0 Å². The summed E-state index contributed by atoms with van der Waals surface area (Å²) in [5, 5.41) is 0. The van der Waals surface area contributed by atoms with Crippen LogP contribution in [0.4, 0.5) is 0 Å². The van der Waals surface area contributed by atoms with Crippen molar-refractivity contribution in [1.82, 2.24) is 4.90 Å². The van der Waals surface area contributed by atoms with Gasteiger partial charge in [-0.05, 0) is 17.5 Å². The average molecular weight is 185 g/mol. The molecular formula is C13H15N. The average Bonchev–Trinajstić information content (AvgIpc) is 2.26. The fourth-order valence-corrected chi connectivity index (χ4v) is 1.97. The second-order valence-electron chi connectivity index (χ2n) is 3.75. The number of hydrogen-bond acceptors (Lipinski definition) is 1. The minimum absolute atomic E-state index is 0.863. The second kappa shape index (κ2) is 4.30. The quantitative estimate of drug-likeness (QED) is 0.637. The fraction of sp³-hybridized carbons (Fsp3) is 0.385. The second-order valence-corrected chi connectivity index (χ2v) is 3.75. The zero-order chi connectivity index (χ0) is 9.80. The molecule has 1 nitrogen and oxygen atoms in total. The Morgan fingerprint density at radius 3 is 2.86 bits per heavy atom. The van der Waals surface area contributed by atoms with Gasteiger partial charge in [-0.1, -0.05) is 24.3 Å². The van der Waals surface area contributed by atoms with Gasteiger partial charge in [-0.25, -0.2) is 0 Å². The summed E-state index contributed by atoms with van der Waals surface area (Å²) in [6.45, 7) is 3.25. The summed E-state index contributed by atoms with van der Waals surface area (Å²) in [7, 11) is 0. The van der Waals surface area contributed by atoms with Crippen LogP contribution in [0.2, 0.25) is 0 Å². The van der Waals surface area contributed by atoms with Gasteiger partial charge in [0.25, 0.3) is 0 Å². The Labute approximate surface area is 85.7 Å². The van der Waals surface area contributed by atoms with Crippen molar-refractivity contribution in [3.05, 3.63) is 35.4 Å². The summed E-state index contributed by atoms with van der Waals surface area (Å²) in [6, 6.07) is 8.69. The highest BCUT2D eigenvalue weighted by molar-refractivity contribution is 5.29. The monoisotopic (exact) mass is 185 g/mol. The molecule has 0 unspecified atom stereocenters. The molecule has 0 N–H and O–H groups in total. The molecule has 1 heterocycles. The van der Waals surface area contributed by atoms with Crippen LogP contribution in [0.3, 0.4) is 0 Å². The van der Waals surface area contributed by atoms with Crippen LogP contribution in [0.1, 0.15) is 17.5 Å². The number of nitrogens with zero attached hydrogens (tertiary/aromatic N) is 1. The molecule has 0 amide bonds. The molecule has 14 heavy (non-hydrogen) atoms. The van der Waals surface area contributed by atoms with Crippen LogP contribution in [-0.4, -0.2) is 18.0 Å². The molecule has 1 aliphatic heterocycles. The summed E-state index contributed by atoms with van der Waals surface area (Å²) in [4.78, 5) is 2.43. The van der Waals surface area contributed by atoms with Gasteiger partial charge in [0.1, 0.15) is 0 Å². The molecule has 0 spiro atoms. The highest BCUT2D eigenvalue weighted by Gasteiger charge is 2.14. The van der Waals surface area contributed by atoms with Crippen LogP contribution in [-0.2, 0) is 13.0 Å². The smallest absolute Gasteiger partial charge is 0.0236 e. The van der Waals surface area contributed by atoms with Crippen LogP contribution in [0, 0.1) is 12.3 Å². The zero-order valence-corrected chi connectivity index (χ0v) is 8.37. The molecule has 0 atom stereocenters. The maximum atomic E-state index is 5.26. The van der Waals surface area contributed by atoms with Crippen molar-refractivity contribution in [3.63, 3.8) is 0 Å². The third-order valence-corrected chi connectivity index (χ3v) is 2.78. The molecular weight excluding hydrogens is 170 g/mol. The Balaban J connectivity index is 2.03. The Hall–Kier alpha value is -1.26. The van der Waals surface area contributed by atoms with Crippen LogP contribution in [0.15, 0.2) is 24.3 Å². The first-order chi connectivity index (χ1) is 6.90. The zero-order valence-electron chi connectivity index (χ0n) is 8.37. The molecule has 0 radical (unpaired) electrons. The van der Waals surface area contributed by atoms with Gasteiger partial charge in [-0.3, -0.25) is 4.90 Å². The van der Waals surface area contributed by atoms with Gasteiger partial charge < -0.3 is 0 Å². The van der Waals surface area contributed by atoms with Gasteiger partial charge in [-0.2, -0.15) is 0 Å². The minimum Gasteiger partial charge on any atom is -0.298 e. The van der Waals surface area contributed by atoms with Crippen LogP contribution >= 0.6 is 0 Å². The third-order valence-electron chi connectivity index (χ3n) is 2.78. The molecule has 0 fully saturated rings. The van der Waals surface area contributed by atoms with E-state index in [9.17, 15) is 0 Å². The van der Waals surface area contributed by atoms with Crippen molar-refractivity contribution in [2.75, 3.05) is 13.1 Å². The topological polar surface area (TPSA) is 3.24 Å². The predicted octanol–water partition coefficient (Wildman–Crippen LogP) is 2.07. The Kier molecular flexibility index (Phi) is 2.86. The van der Waals surface area contributed by atoms with Gasteiger partial charge in [-0.15, -0.1) is 12.3 Å². The van der Waals surface area contributed by atoms with E-state index in [0.717, 1.165) is 26.1 Å². The van der Waals surface area contributed by atoms with E-state index in [1.807, 2.05) is 0 Å². The number of hydrogen-bond donors (Lipinski definition) is 0. The number of fused-ring (bicyclic) bond motifs is 1. The van der Waals surface area contributed by atoms with Crippen molar-refractivity contribution in [1.29, 1.82) is 0 Å². The van der Waals surface area contributed by atoms with E-state index >= 15 is 0 Å². The van der Waals surface area contributed by atoms with Gasteiger partial charge in [0.05, 0.1) is 0 Å². The Bertz CT molecular complexity index is 348. The van der Waals surface area contributed by atoms with Crippen LogP contribution in [0.25, 0.3) is 0 Å². The number of rotatable bonds is 2. The van der Waals surface area contributed by atoms with E-state index < -0.39 is 0 Å². The molecule has 1 aromatic carbocycles. The normalized spacial score (nSPS) is 15.9. The lowest BCUT2D eigenvalue weighted by Gasteiger charge is -2.27. The van der Waals surface area contributed by atoms with Crippen molar-refractivity contribution in [2.24, 2.45) is 0 Å². The molecule has 1 aliphatic rings. The first kappa shape index (κ1) is 9.30. The van der Waals surface area contributed by atoms with Gasteiger partial charge in [0.2, 0.25) is 0 Å². The number of terminal acetylenes is 1. The standard InChI is InChI=1S/C13H15N/c1-2-3-9-14-10-8-12-6-4-5-7-13(12)11-14/h1,4-7H,3,8-11H2. The van der Waals surface area contributed by atoms with E-state index in [-0.39, 0.29) is 0 Å². The van der Waals surface area contributed by atoms with Crippen molar-refractivity contribution in [2.45, 2.75) is 19.4 Å². The largest absolute Gasteiger partial charge is 0.298 e. The molecule has 2 rings (SSSR count). The van der Waals surface area contributed by atoms with Gasteiger partial charge >= 0.3 is 0 Å². The fourth-order valence-electron chi connectivity index (χ4n) is 1.97. The maximum absolute atomic E-state index is 5.26. The van der Waals surface area contributed by atoms with E-state index in [1.54, 1.807) is 0 Å². The van der Waals surface area contributed by atoms with E-state index in [0.29, 0.717) is 0 Å². The highest BCUT2D eigenvalue weighted by Crippen LogP contribution is 2.18. The van der Waals surface area contributed by atoms with Crippen molar-refractivity contribution in [3.8, 4) is 12.3 Å². The predicted molar refractivity (Wildman–Crippen MR) is 58.9 cm³/mol. The summed E-state index contributed by atoms with van der Waals surface area (Å²) in [5.74, 6) is 2.70. The van der Waals surface area contributed by atoms with E-state index in [4.69, 9.17) is 6.42 Å². The third kappa shape index (κ3) is 1.97. The number of benzene rings is 1. The first-order valence-corrected chi connectivity index (χ1v) is 5.13. The molecule has 0 saturated carbocycles. The van der Waals surface area contributed by atoms with E-state index in [1.165, 1.54) is 17.5 Å². The van der Waals surface area contributed by atoms with Crippen LogP contribution < -0.4 is 0 Å². The minimum atomic E-state index is 0.863. The Morgan fingerprint density at radius 1 is 1.29 bits per heavy atom. The summed E-state index contributed by atoms with van der Waals surface area (Å²) >= 11 is 0. The Morgan fingerprint density at radius 2 is 2.07 bits per heavy atom. The molecule has 1 heteroatoms. The summed E-state index contributed by atoms with van der Waals surface area (Å²) < 4.78 is 0. The maximum Gasteiger partial charge on any atom is 0.0236 e. The molecule has 0 aliphatic carbocycles. The lowest BCUT2D eigenvalue weighted by Crippen LogP contribution is -2.31. The molecule has 0 bridgehead atoms. The SMILES string of the molecule is C#CCCN1CCc2ccccc2C1. The molecule has 72 valence electrons. The summed E-state index contributed by atoms with van der Waals surface area (Å²) in [6.07, 6.45) is 7.29. The summed E-state index contributed by atoms with van der Waals surface area (Å²) in [5.41, 5.74) is 2.97. The highest BCUT2D eigenvalue weighted by atomic mass is 15.1. The molecule has 0 aromatic heterocycles. The van der Waals surface area contributed by atoms with Gasteiger partial charge in [0, 0.05) is 26.1 Å². The van der Waals surface area contributed by atoms with Crippen molar-refractivity contribution < 1.29 is 0 Å². The van der Waals surface area contributed by atoms with E-state index in [2.05, 4.69) is 35.1 Å². The lowest BCUT2D eigenvalue weighted by molar-refractivity contribution is 0.260.